The number of benzene rings is 1. The standard InChI is InChI=1S/C17H20N4O/c1-3-4-10-18-17(22)20-14(2)16-11-19-21(13-16)12-15-8-6-5-7-9-15/h5-9,11,13-14H,10,12H2,1-2H3,(H2,18,20,22). The number of urea groups is 1. The minimum Gasteiger partial charge on any atom is -0.332 e. The van der Waals surface area contributed by atoms with Crippen LogP contribution in [0.5, 0.6) is 0 Å². The topological polar surface area (TPSA) is 59.0 Å². The van der Waals surface area contributed by atoms with Gasteiger partial charge in [0, 0.05) is 11.8 Å². The molecule has 114 valence electrons. The van der Waals surface area contributed by atoms with E-state index in [1.807, 2.05) is 36.0 Å². The van der Waals surface area contributed by atoms with Gasteiger partial charge in [0.15, 0.2) is 0 Å². The summed E-state index contributed by atoms with van der Waals surface area (Å²) in [7, 11) is 0. The number of nitrogens with one attached hydrogen (secondary N) is 2. The van der Waals surface area contributed by atoms with Crippen molar-refractivity contribution in [3.63, 3.8) is 0 Å². The summed E-state index contributed by atoms with van der Waals surface area (Å²) in [6.07, 6.45) is 3.73. The summed E-state index contributed by atoms with van der Waals surface area (Å²) in [6.45, 7) is 4.73. The normalized spacial score (nSPS) is 11.2. The monoisotopic (exact) mass is 296 g/mol. The van der Waals surface area contributed by atoms with Crippen LogP contribution in [-0.4, -0.2) is 22.4 Å². The zero-order chi connectivity index (χ0) is 15.8. The molecule has 2 N–H and O–H groups in total. The average Bonchev–Trinajstić information content (AvgIpc) is 2.97. The van der Waals surface area contributed by atoms with E-state index in [0.29, 0.717) is 13.1 Å². The van der Waals surface area contributed by atoms with Crippen LogP contribution in [-0.2, 0) is 6.54 Å². The summed E-state index contributed by atoms with van der Waals surface area (Å²) in [4.78, 5) is 11.7. The second kappa shape index (κ2) is 7.89. The van der Waals surface area contributed by atoms with E-state index in [-0.39, 0.29) is 12.1 Å². The fraction of sp³-hybridized carbons (Fsp3) is 0.294. The molecule has 0 aliphatic heterocycles. The van der Waals surface area contributed by atoms with E-state index >= 15 is 0 Å². The molecule has 0 fully saturated rings. The van der Waals surface area contributed by atoms with Crippen molar-refractivity contribution in [2.24, 2.45) is 0 Å². The lowest BCUT2D eigenvalue weighted by Crippen LogP contribution is -2.37. The lowest BCUT2D eigenvalue weighted by molar-refractivity contribution is 0.239. The van der Waals surface area contributed by atoms with Crippen molar-refractivity contribution in [2.45, 2.75) is 26.4 Å². The van der Waals surface area contributed by atoms with Crippen LogP contribution < -0.4 is 10.6 Å². The van der Waals surface area contributed by atoms with E-state index in [9.17, 15) is 4.79 Å². The Morgan fingerprint density at radius 3 is 2.86 bits per heavy atom. The third kappa shape index (κ3) is 4.67. The Balaban J connectivity index is 1.89. The Morgan fingerprint density at radius 2 is 2.14 bits per heavy atom. The number of carbonyl (C=O) groups excluding carboxylic acids is 1. The first-order valence-electron chi connectivity index (χ1n) is 7.19. The summed E-state index contributed by atoms with van der Waals surface area (Å²) in [5, 5.41) is 9.88. The first kappa shape index (κ1) is 15.6. The molecule has 0 saturated heterocycles. The quantitative estimate of drug-likeness (QED) is 0.832. The number of hydrogen-bond donors (Lipinski definition) is 2. The predicted octanol–water partition coefficient (Wildman–Crippen LogP) is 2.31. The second-order valence-electron chi connectivity index (χ2n) is 4.93. The van der Waals surface area contributed by atoms with Gasteiger partial charge >= 0.3 is 6.03 Å². The van der Waals surface area contributed by atoms with Crippen LogP contribution in [0.25, 0.3) is 0 Å². The van der Waals surface area contributed by atoms with Crippen LogP contribution in [0.4, 0.5) is 4.79 Å². The zero-order valence-corrected chi connectivity index (χ0v) is 12.8. The Morgan fingerprint density at radius 1 is 1.36 bits per heavy atom. The summed E-state index contributed by atoms with van der Waals surface area (Å²) in [5.41, 5.74) is 2.15. The summed E-state index contributed by atoms with van der Waals surface area (Å²) in [5.74, 6) is 5.51. The van der Waals surface area contributed by atoms with Gasteiger partial charge in [0.1, 0.15) is 0 Å². The van der Waals surface area contributed by atoms with Gasteiger partial charge in [-0.3, -0.25) is 4.68 Å². The van der Waals surface area contributed by atoms with E-state index in [1.165, 1.54) is 5.56 Å². The van der Waals surface area contributed by atoms with Crippen molar-refractivity contribution in [1.82, 2.24) is 20.4 Å². The molecule has 0 aliphatic rings. The highest BCUT2D eigenvalue weighted by Crippen LogP contribution is 2.11. The van der Waals surface area contributed by atoms with Gasteiger partial charge < -0.3 is 10.6 Å². The van der Waals surface area contributed by atoms with Crippen molar-refractivity contribution in [3.8, 4) is 11.8 Å². The third-order valence-electron chi connectivity index (χ3n) is 3.20. The Hall–Kier alpha value is -2.74. The maximum atomic E-state index is 11.7. The summed E-state index contributed by atoms with van der Waals surface area (Å²) >= 11 is 0. The van der Waals surface area contributed by atoms with Gasteiger partial charge in [-0.05, 0) is 19.4 Å². The molecule has 5 heteroatoms. The van der Waals surface area contributed by atoms with Crippen molar-refractivity contribution in [2.75, 3.05) is 6.54 Å². The zero-order valence-electron chi connectivity index (χ0n) is 12.8. The minimum absolute atomic E-state index is 0.112. The molecule has 0 saturated carbocycles. The van der Waals surface area contributed by atoms with E-state index in [4.69, 9.17) is 0 Å². The number of aromatic nitrogens is 2. The van der Waals surface area contributed by atoms with Gasteiger partial charge in [-0.1, -0.05) is 36.3 Å². The molecule has 1 aromatic carbocycles. The average molecular weight is 296 g/mol. The van der Waals surface area contributed by atoms with Crippen molar-refractivity contribution >= 4 is 6.03 Å². The van der Waals surface area contributed by atoms with Gasteiger partial charge in [0.05, 0.1) is 25.3 Å². The van der Waals surface area contributed by atoms with Crippen LogP contribution in [0.15, 0.2) is 42.7 Å². The molecule has 2 rings (SSSR count). The fourth-order valence-electron chi connectivity index (χ4n) is 2.00. The molecule has 1 heterocycles. The Kier molecular flexibility index (Phi) is 5.61. The fourth-order valence-corrected chi connectivity index (χ4v) is 2.00. The highest BCUT2D eigenvalue weighted by Gasteiger charge is 2.11. The number of carbonyl (C=O) groups is 1. The maximum Gasteiger partial charge on any atom is 0.316 e. The number of nitrogens with zero attached hydrogens (tertiary/aromatic N) is 2. The van der Waals surface area contributed by atoms with Crippen molar-refractivity contribution in [1.29, 1.82) is 0 Å². The van der Waals surface area contributed by atoms with Gasteiger partial charge in [-0.25, -0.2) is 4.79 Å². The van der Waals surface area contributed by atoms with E-state index in [1.54, 1.807) is 13.1 Å². The first-order valence-corrected chi connectivity index (χ1v) is 7.19. The summed E-state index contributed by atoms with van der Waals surface area (Å²) < 4.78 is 1.86. The molecule has 2 aromatic rings. The molecule has 1 atom stereocenters. The highest BCUT2D eigenvalue weighted by molar-refractivity contribution is 5.74. The molecule has 22 heavy (non-hydrogen) atoms. The molecule has 0 radical (unpaired) electrons. The second-order valence-corrected chi connectivity index (χ2v) is 4.93. The van der Waals surface area contributed by atoms with Gasteiger partial charge in [-0.15, -0.1) is 5.92 Å². The van der Waals surface area contributed by atoms with Crippen molar-refractivity contribution in [3.05, 3.63) is 53.9 Å². The molecule has 1 aromatic heterocycles. The maximum absolute atomic E-state index is 11.7. The van der Waals surface area contributed by atoms with Crippen molar-refractivity contribution < 1.29 is 4.79 Å². The Labute approximate surface area is 130 Å². The molecule has 2 amide bonds. The SMILES string of the molecule is CC#CCNC(=O)NC(C)c1cnn(Cc2ccccc2)c1. The van der Waals surface area contributed by atoms with E-state index in [0.717, 1.165) is 5.56 Å². The lowest BCUT2D eigenvalue weighted by atomic mass is 10.2. The molecule has 0 bridgehead atoms. The molecular formula is C17H20N4O. The van der Waals surface area contributed by atoms with Gasteiger partial charge in [0.25, 0.3) is 0 Å². The van der Waals surface area contributed by atoms with Crippen LogP contribution in [0.3, 0.4) is 0 Å². The lowest BCUT2D eigenvalue weighted by Gasteiger charge is -2.12. The van der Waals surface area contributed by atoms with Gasteiger partial charge in [-0.2, -0.15) is 5.10 Å². The molecular weight excluding hydrogens is 276 g/mol. The highest BCUT2D eigenvalue weighted by atomic mass is 16.2. The van der Waals surface area contributed by atoms with Crippen LogP contribution in [0, 0.1) is 11.8 Å². The molecule has 5 nitrogen and oxygen atoms in total. The number of hydrogen-bond acceptors (Lipinski definition) is 2. The molecule has 0 spiro atoms. The van der Waals surface area contributed by atoms with Crippen LogP contribution in [0.2, 0.25) is 0 Å². The smallest absolute Gasteiger partial charge is 0.316 e. The van der Waals surface area contributed by atoms with E-state index in [2.05, 4.69) is 39.7 Å². The van der Waals surface area contributed by atoms with Gasteiger partial charge in [0.2, 0.25) is 0 Å². The minimum atomic E-state index is -0.231. The number of amides is 2. The summed E-state index contributed by atoms with van der Waals surface area (Å²) in [6, 6.07) is 9.79. The first-order chi connectivity index (χ1) is 10.7. The molecule has 0 aliphatic carbocycles. The van der Waals surface area contributed by atoms with E-state index < -0.39 is 0 Å². The largest absolute Gasteiger partial charge is 0.332 e. The Bertz CT molecular complexity index is 667. The van der Waals surface area contributed by atoms with Crippen LogP contribution >= 0.6 is 0 Å². The predicted molar refractivity (Wildman–Crippen MR) is 86.2 cm³/mol. The number of rotatable bonds is 5. The van der Waals surface area contributed by atoms with Crippen LogP contribution in [0.1, 0.15) is 31.0 Å². The molecule has 1 unspecified atom stereocenters. The third-order valence-corrected chi connectivity index (χ3v) is 3.20.